The molecule has 10 nitrogen and oxygen atoms in total. The quantitative estimate of drug-likeness (QED) is 0.209. The van der Waals surface area contributed by atoms with Crippen LogP contribution in [0.5, 0.6) is 5.75 Å². The summed E-state index contributed by atoms with van der Waals surface area (Å²) in [7, 11) is 1.61. The lowest BCUT2D eigenvalue weighted by atomic mass is 10.2. The lowest BCUT2D eigenvalue weighted by Crippen LogP contribution is -2.19. The lowest BCUT2D eigenvalue weighted by Gasteiger charge is -2.07. The van der Waals surface area contributed by atoms with Gasteiger partial charge < -0.3 is 9.30 Å². The number of allylic oxidation sites excluding steroid dienone is 1. The fraction of sp³-hybridized carbons (Fsp3) is 0.182. The number of nitrogens with one attached hydrogen (secondary N) is 1. The van der Waals surface area contributed by atoms with Gasteiger partial charge in [0.1, 0.15) is 5.75 Å². The second kappa shape index (κ2) is 11.6. The van der Waals surface area contributed by atoms with Crippen molar-refractivity contribution >= 4 is 35.6 Å². The number of nitro groups is 1. The lowest BCUT2D eigenvalue weighted by molar-refractivity contribution is -0.385. The fourth-order valence-corrected chi connectivity index (χ4v) is 3.68. The van der Waals surface area contributed by atoms with Gasteiger partial charge in [-0.3, -0.25) is 14.9 Å². The van der Waals surface area contributed by atoms with Crippen LogP contribution in [0.15, 0.2) is 64.9 Å². The molecule has 3 rings (SSSR count). The number of amides is 1. The molecule has 3 aromatic rings. The molecule has 0 aliphatic rings. The van der Waals surface area contributed by atoms with Gasteiger partial charge in [-0.1, -0.05) is 23.9 Å². The largest absolute Gasteiger partial charge is 0.497 e. The molecule has 33 heavy (non-hydrogen) atoms. The highest BCUT2D eigenvalue weighted by Gasteiger charge is 2.14. The van der Waals surface area contributed by atoms with Crippen LogP contribution in [0.25, 0.3) is 17.5 Å². The molecule has 0 aliphatic carbocycles. The van der Waals surface area contributed by atoms with Crippen molar-refractivity contribution in [1.82, 2.24) is 20.2 Å². The number of rotatable bonds is 10. The van der Waals surface area contributed by atoms with Crippen LogP contribution in [0.3, 0.4) is 0 Å². The normalized spacial score (nSPS) is 11.2. The molecule has 0 spiro atoms. The first kappa shape index (κ1) is 23.7. The number of nitro benzene ring substituents is 1. The van der Waals surface area contributed by atoms with E-state index in [1.54, 1.807) is 31.4 Å². The van der Waals surface area contributed by atoms with Crippen molar-refractivity contribution in [3.8, 4) is 17.1 Å². The number of hydrogen-bond acceptors (Lipinski definition) is 8. The van der Waals surface area contributed by atoms with Crippen molar-refractivity contribution in [1.29, 1.82) is 0 Å². The minimum Gasteiger partial charge on any atom is -0.497 e. The topological polar surface area (TPSA) is 125 Å². The molecule has 0 fully saturated rings. The van der Waals surface area contributed by atoms with E-state index in [1.165, 1.54) is 30.1 Å². The smallest absolute Gasteiger partial charge is 0.276 e. The predicted octanol–water partition coefficient (Wildman–Crippen LogP) is 3.79. The Morgan fingerprint density at radius 1 is 1.24 bits per heavy atom. The molecule has 1 aromatic heterocycles. The third-order valence-electron chi connectivity index (χ3n) is 4.47. The zero-order valence-electron chi connectivity index (χ0n) is 18.0. The van der Waals surface area contributed by atoms with Crippen molar-refractivity contribution < 1.29 is 14.5 Å². The van der Waals surface area contributed by atoms with Gasteiger partial charge in [-0.2, -0.15) is 5.10 Å². The summed E-state index contributed by atoms with van der Waals surface area (Å²) in [5.41, 5.74) is 3.76. The molecule has 0 atom stereocenters. The van der Waals surface area contributed by atoms with Crippen LogP contribution in [0, 0.1) is 10.1 Å². The summed E-state index contributed by atoms with van der Waals surface area (Å²) in [5.74, 6) is 1.25. The number of aromatic nitrogens is 3. The average molecular weight is 467 g/mol. The number of carbonyl (C=O) groups is 1. The second-order valence-electron chi connectivity index (χ2n) is 6.56. The van der Waals surface area contributed by atoms with Crippen molar-refractivity contribution in [3.63, 3.8) is 0 Å². The van der Waals surface area contributed by atoms with Gasteiger partial charge in [0, 0.05) is 24.4 Å². The first-order valence-corrected chi connectivity index (χ1v) is 10.9. The van der Waals surface area contributed by atoms with Crippen molar-refractivity contribution in [2.75, 3.05) is 12.9 Å². The molecule has 0 saturated carbocycles. The van der Waals surface area contributed by atoms with Crippen LogP contribution in [-0.4, -0.2) is 44.7 Å². The van der Waals surface area contributed by atoms with E-state index in [-0.39, 0.29) is 17.3 Å². The van der Waals surface area contributed by atoms with E-state index in [4.69, 9.17) is 4.74 Å². The molecule has 2 aromatic carbocycles. The highest BCUT2D eigenvalue weighted by molar-refractivity contribution is 7.99. The maximum Gasteiger partial charge on any atom is 0.276 e. The first-order chi connectivity index (χ1) is 16.0. The van der Waals surface area contributed by atoms with Gasteiger partial charge in [-0.15, -0.1) is 10.2 Å². The molecular formula is C22H22N6O4S. The third kappa shape index (κ3) is 6.26. The minimum atomic E-state index is -0.453. The number of methoxy groups -OCH3 is 1. The van der Waals surface area contributed by atoms with Crippen LogP contribution in [0.4, 0.5) is 5.69 Å². The number of para-hydroxylation sites is 1. The summed E-state index contributed by atoms with van der Waals surface area (Å²) >= 11 is 1.25. The van der Waals surface area contributed by atoms with Gasteiger partial charge in [0.25, 0.3) is 11.6 Å². The van der Waals surface area contributed by atoms with Crippen molar-refractivity contribution in [3.05, 3.63) is 70.3 Å². The van der Waals surface area contributed by atoms with Gasteiger partial charge in [-0.05, 0) is 49.4 Å². The average Bonchev–Trinajstić information content (AvgIpc) is 3.25. The van der Waals surface area contributed by atoms with Gasteiger partial charge in [0.15, 0.2) is 11.0 Å². The van der Waals surface area contributed by atoms with Gasteiger partial charge in [-0.25, -0.2) is 5.43 Å². The van der Waals surface area contributed by atoms with Crippen LogP contribution in [-0.2, 0) is 11.3 Å². The van der Waals surface area contributed by atoms with E-state index in [0.29, 0.717) is 23.1 Å². The molecule has 0 aliphatic heterocycles. The molecule has 0 unspecified atom stereocenters. The SMILES string of the molecule is CCn1c(SCC(=O)N/N=C\C=C/c2ccccc2[N+](=O)[O-])nnc1-c1ccc(OC)cc1. The number of hydrogen-bond donors (Lipinski definition) is 1. The summed E-state index contributed by atoms with van der Waals surface area (Å²) in [6.07, 6.45) is 4.42. The summed E-state index contributed by atoms with van der Waals surface area (Å²) in [4.78, 5) is 22.7. The number of nitrogens with zero attached hydrogens (tertiary/aromatic N) is 5. The van der Waals surface area contributed by atoms with E-state index in [2.05, 4.69) is 20.7 Å². The number of carbonyl (C=O) groups excluding carboxylic acids is 1. The highest BCUT2D eigenvalue weighted by atomic mass is 32.2. The van der Waals surface area contributed by atoms with Gasteiger partial charge in [0.2, 0.25) is 0 Å². The molecule has 1 heterocycles. The minimum absolute atomic E-state index is 0.00312. The van der Waals surface area contributed by atoms with Crippen molar-refractivity contribution in [2.45, 2.75) is 18.6 Å². The monoisotopic (exact) mass is 466 g/mol. The van der Waals surface area contributed by atoms with Crippen LogP contribution < -0.4 is 10.2 Å². The van der Waals surface area contributed by atoms with Gasteiger partial charge >= 0.3 is 0 Å². The number of hydrazone groups is 1. The molecule has 0 bridgehead atoms. The van der Waals surface area contributed by atoms with Crippen LogP contribution in [0.1, 0.15) is 12.5 Å². The molecule has 11 heteroatoms. The third-order valence-corrected chi connectivity index (χ3v) is 5.44. The summed E-state index contributed by atoms with van der Waals surface area (Å²) in [6.45, 7) is 2.63. The van der Waals surface area contributed by atoms with Crippen LogP contribution >= 0.6 is 11.8 Å². The van der Waals surface area contributed by atoms with Gasteiger partial charge in [0.05, 0.1) is 23.3 Å². The summed E-state index contributed by atoms with van der Waals surface area (Å²) in [5, 5.41) is 23.9. The Labute approximate surface area is 194 Å². The number of thioether (sulfide) groups is 1. The molecule has 0 radical (unpaired) electrons. The number of benzene rings is 2. The van der Waals surface area contributed by atoms with E-state index in [9.17, 15) is 14.9 Å². The predicted molar refractivity (Wildman–Crippen MR) is 127 cm³/mol. The fourth-order valence-electron chi connectivity index (χ4n) is 2.89. The van der Waals surface area contributed by atoms with E-state index in [1.807, 2.05) is 35.8 Å². The molecule has 0 saturated heterocycles. The van der Waals surface area contributed by atoms with E-state index < -0.39 is 4.92 Å². The maximum atomic E-state index is 12.1. The van der Waals surface area contributed by atoms with Crippen molar-refractivity contribution in [2.24, 2.45) is 5.10 Å². The molecule has 1 amide bonds. The molecule has 1 N–H and O–H groups in total. The Morgan fingerprint density at radius 3 is 2.70 bits per heavy atom. The Hall–Kier alpha value is -3.99. The number of ether oxygens (including phenoxy) is 1. The first-order valence-electron chi connectivity index (χ1n) is 9.96. The van der Waals surface area contributed by atoms with E-state index >= 15 is 0 Å². The summed E-state index contributed by atoms with van der Waals surface area (Å²) < 4.78 is 7.11. The zero-order valence-corrected chi connectivity index (χ0v) is 18.9. The summed E-state index contributed by atoms with van der Waals surface area (Å²) in [6, 6.07) is 13.9. The van der Waals surface area contributed by atoms with E-state index in [0.717, 1.165) is 11.3 Å². The Balaban J connectivity index is 1.55. The maximum absolute atomic E-state index is 12.1. The Kier molecular flexibility index (Phi) is 8.30. The zero-order chi connectivity index (χ0) is 23.6. The van der Waals surface area contributed by atoms with Crippen LogP contribution in [0.2, 0.25) is 0 Å². The standard InChI is InChI=1S/C22H22N6O4S/c1-3-27-21(17-10-12-18(32-2)13-11-17)25-26-22(27)33-15-20(29)24-23-14-6-8-16-7-4-5-9-19(16)28(30)31/h4-14H,3,15H2,1-2H3,(H,24,29)/b8-6-,23-14-. The Bertz CT molecular complexity index is 1170. The Morgan fingerprint density at radius 2 is 2.00 bits per heavy atom. The second-order valence-corrected chi connectivity index (χ2v) is 7.50. The molecular weight excluding hydrogens is 444 g/mol. The molecule has 170 valence electrons. The highest BCUT2D eigenvalue weighted by Crippen LogP contribution is 2.25.